The number of rotatable bonds is 10. The molecule has 3 aromatic carbocycles. The summed E-state index contributed by atoms with van der Waals surface area (Å²) in [6.45, 7) is 1.51. The zero-order valence-electron chi connectivity index (χ0n) is 21.4. The van der Waals surface area contributed by atoms with E-state index >= 15 is 0 Å². The Hall–Kier alpha value is -5.05. The number of ketones is 1. The zero-order chi connectivity index (χ0) is 27.8. The number of aromatic nitrogens is 2. The van der Waals surface area contributed by atoms with Crippen LogP contribution in [0.1, 0.15) is 41.3 Å². The lowest BCUT2D eigenvalue weighted by Crippen LogP contribution is -2.45. The quantitative estimate of drug-likeness (QED) is 0.273. The first-order chi connectivity index (χ1) is 18.9. The van der Waals surface area contributed by atoms with Crippen LogP contribution in [-0.4, -0.2) is 33.7 Å². The molecule has 9 heteroatoms. The molecule has 0 saturated carbocycles. The first-order valence-corrected chi connectivity index (χ1v) is 12.5. The molecule has 0 aliphatic rings. The summed E-state index contributed by atoms with van der Waals surface area (Å²) in [5, 5.41) is 5.42. The summed E-state index contributed by atoms with van der Waals surface area (Å²) in [4.78, 5) is 57.1. The fourth-order valence-electron chi connectivity index (χ4n) is 4.24. The van der Waals surface area contributed by atoms with Crippen LogP contribution < -0.4 is 21.9 Å². The van der Waals surface area contributed by atoms with Gasteiger partial charge in [0.05, 0.1) is 12.7 Å². The average molecular weight is 524 g/mol. The Morgan fingerprint density at radius 1 is 0.872 bits per heavy atom. The number of benzene rings is 3. The first kappa shape index (κ1) is 27.0. The van der Waals surface area contributed by atoms with E-state index in [1.807, 2.05) is 6.07 Å². The second-order valence-electron chi connectivity index (χ2n) is 8.86. The van der Waals surface area contributed by atoms with Crippen LogP contribution >= 0.6 is 0 Å². The Labute approximate surface area is 225 Å². The monoisotopic (exact) mass is 523 g/mol. The summed E-state index contributed by atoms with van der Waals surface area (Å²) in [5.74, 6) is -1.11. The SMILES string of the molecule is CCC(C(=O)NC(C(=O)NCC(=O)c1ccccc1)c1ccccc1)n1c(-c2ccccc2)ncc(N)c1=O. The summed E-state index contributed by atoms with van der Waals surface area (Å²) >= 11 is 0. The van der Waals surface area contributed by atoms with Crippen LogP contribution in [0.25, 0.3) is 11.4 Å². The molecule has 0 fully saturated rings. The van der Waals surface area contributed by atoms with Crippen molar-refractivity contribution in [2.24, 2.45) is 0 Å². The molecule has 2 amide bonds. The summed E-state index contributed by atoms with van der Waals surface area (Å²) in [5.41, 5.74) is 6.86. The van der Waals surface area contributed by atoms with Gasteiger partial charge < -0.3 is 16.4 Å². The van der Waals surface area contributed by atoms with Gasteiger partial charge in [0, 0.05) is 11.1 Å². The number of nitrogen functional groups attached to an aromatic ring is 1. The Kier molecular flexibility index (Phi) is 8.63. The summed E-state index contributed by atoms with van der Waals surface area (Å²) in [7, 11) is 0. The molecule has 198 valence electrons. The zero-order valence-corrected chi connectivity index (χ0v) is 21.4. The highest BCUT2D eigenvalue weighted by Gasteiger charge is 2.30. The first-order valence-electron chi connectivity index (χ1n) is 12.5. The molecule has 0 aliphatic carbocycles. The normalized spacial score (nSPS) is 12.2. The van der Waals surface area contributed by atoms with Crippen LogP contribution in [-0.2, 0) is 9.59 Å². The van der Waals surface area contributed by atoms with Gasteiger partial charge in [-0.25, -0.2) is 4.98 Å². The van der Waals surface area contributed by atoms with Crippen molar-refractivity contribution in [1.29, 1.82) is 0 Å². The van der Waals surface area contributed by atoms with Gasteiger partial charge in [-0.15, -0.1) is 0 Å². The third-order valence-corrected chi connectivity index (χ3v) is 6.25. The van der Waals surface area contributed by atoms with E-state index in [1.165, 1.54) is 10.8 Å². The summed E-state index contributed by atoms with van der Waals surface area (Å²) in [6, 6.07) is 24.2. The van der Waals surface area contributed by atoms with E-state index in [0.29, 0.717) is 16.7 Å². The van der Waals surface area contributed by atoms with E-state index < -0.39 is 29.5 Å². The van der Waals surface area contributed by atoms with Crippen molar-refractivity contribution >= 4 is 23.3 Å². The van der Waals surface area contributed by atoms with Gasteiger partial charge in [0.25, 0.3) is 5.56 Å². The Morgan fingerprint density at radius 2 is 1.46 bits per heavy atom. The highest BCUT2D eigenvalue weighted by molar-refractivity contribution is 6.00. The smallest absolute Gasteiger partial charge is 0.277 e. The number of carbonyl (C=O) groups excluding carboxylic acids is 3. The lowest BCUT2D eigenvalue weighted by molar-refractivity contribution is -0.131. The minimum absolute atomic E-state index is 0.0993. The highest BCUT2D eigenvalue weighted by atomic mass is 16.2. The van der Waals surface area contributed by atoms with E-state index in [4.69, 9.17) is 5.73 Å². The van der Waals surface area contributed by atoms with E-state index in [2.05, 4.69) is 15.6 Å². The van der Waals surface area contributed by atoms with Crippen molar-refractivity contribution in [3.63, 3.8) is 0 Å². The van der Waals surface area contributed by atoms with E-state index in [0.717, 1.165) is 0 Å². The number of anilines is 1. The predicted octanol–water partition coefficient (Wildman–Crippen LogP) is 3.30. The van der Waals surface area contributed by atoms with Crippen LogP contribution in [0.2, 0.25) is 0 Å². The van der Waals surface area contributed by atoms with E-state index in [-0.39, 0.29) is 30.3 Å². The predicted molar refractivity (Wildman–Crippen MR) is 149 cm³/mol. The largest absolute Gasteiger partial charge is 0.393 e. The van der Waals surface area contributed by atoms with Crippen molar-refractivity contribution in [3.05, 3.63) is 119 Å². The molecule has 0 radical (unpaired) electrons. The van der Waals surface area contributed by atoms with Crippen LogP contribution in [0.5, 0.6) is 0 Å². The topological polar surface area (TPSA) is 136 Å². The number of amides is 2. The molecule has 1 aromatic heterocycles. The summed E-state index contributed by atoms with van der Waals surface area (Å²) in [6.07, 6.45) is 1.50. The molecule has 39 heavy (non-hydrogen) atoms. The Balaban J connectivity index is 1.62. The van der Waals surface area contributed by atoms with Crippen LogP contribution in [0.3, 0.4) is 0 Å². The van der Waals surface area contributed by atoms with Gasteiger partial charge in [-0.2, -0.15) is 0 Å². The fourth-order valence-corrected chi connectivity index (χ4v) is 4.24. The Bertz CT molecular complexity index is 1510. The van der Waals surface area contributed by atoms with Crippen molar-refractivity contribution in [3.8, 4) is 11.4 Å². The average Bonchev–Trinajstić information content (AvgIpc) is 2.98. The molecule has 0 spiro atoms. The molecule has 2 atom stereocenters. The third-order valence-electron chi connectivity index (χ3n) is 6.25. The molecule has 0 aliphatic heterocycles. The molecule has 2 unspecified atom stereocenters. The van der Waals surface area contributed by atoms with Gasteiger partial charge in [-0.1, -0.05) is 97.9 Å². The number of nitrogens with one attached hydrogen (secondary N) is 2. The van der Waals surface area contributed by atoms with Crippen molar-refractivity contribution in [1.82, 2.24) is 20.2 Å². The van der Waals surface area contributed by atoms with E-state index in [9.17, 15) is 19.2 Å². The molecule has 4 N–H and O–H groups in total. The number of carbonyl (C=O) groups is 3. The van der Waals surface area contributed by atoms with Crippen molar-refractivity contribution in [2.75, 3.05) is 12.3 Å². The minimum atomic E-state index is -1.11. The van der Waals surface area contributed by atoms with Crippen LogP contribution in [0.4, 0.5) is 5.69 Å². The van der Waals surface area contributed by atoms with Gasteiger partial charge in [0.2, 0.25) is 11.8 Å². The van der Waals surface area contributed by atoms with Crippen LogP contribution in [0, 0.1) is 0 Å². The highest BCUT2D eigenvalue weighted by Crippen LogP contribution is 2.23. The van der Waals surface area contributed by atoms with Crippen molar-refractivity contribution in [2.45, 2.75) is 25.4 Å². The maximum atomic E-state index is 13.7. The number of hydrogen-bond acceptors (Lipinski definition) is 6. The standard InChI is InChI=1S/C30H29N5O4/c1-2-24(35-27(22-16-10-5-11-17-22)32-18-23(31)30(35)39)28(37)34-26(21-14-8-4-9-15-21)29(38)33-19-25(36)20-12-6-3-7-13-20/h3-18,24,26H,2,19,31H2,1H3,(H,33,38)(H,34,37). The maximum absolute atomic E-state index is 13.7. The van der Waals surface area contributed by atoms with Crippen molar-refractivity contribution < 1.29 is 14.4 Å². The van der Waals surface area contributed by atoms with Gasteiger partial charge in [-0.05, 0) is 12.0 Å². The van der Waals surface area contributed by atoms with Crippen LogP contribution in [0.15, 0.2) is 102 Å². The molecular weight excluding hydrogens is 494 g/mol. The molecule has 9 nitrogen and oxygen atoms in total. The molecule has 1 heterocycles. The molecule has 4 rings (SSSR count). The molecular formula is C30H29N5O4. The number of nitrogens with zero attached hydrogens (tertiary/aromatic N) is 2. The lowest BCUT2D eigenvalue weighted by Gasteiger charge is -2.25. The van der Waals surface area contributed by atoms with Gasteiger partial charge in [0.1, 0.15) is 23.6 Å². The Morgan fingerprint density at radius 3 is 2.08 bits per heavy atom. The minimum Gasteiger partial charge on any atom is -0.393 e. The molecule has 0 bridgehead atoms. The maximum Gasteiger partial charge on any atom is 0.277 e. The lowest BCUT2D eigenvalue weighted by atomic mass is 10.0. The van der Waals surface area contributed by atoms with Gasteiger partial charge in [-0.3, -0.25) is 23.7 Å². The van der Waals surface area contributed by atoms with E-state index in [1.54, 1.807) is 91.9 Å². The third kappa shape index (κ3) is 6.27. The fraction of sp³-hybridized carbons (Fsp3) is 0.167. The number of nitrogens with two attached hydrogens (primary N) is 1. The molecule has 4 aromatic rings. The second-order valence-corrected chi connectivity index (χ2v) is 8.86. The number of Topliss-reactive ketones (excluding diaryl/α,β-unsaturated/α-hetero) is 1. The second kappa shape index (κ2) is 12.5. The van der Waals surface area contributed by atoms with Gasteiger partial charge >= 0.3 is 0 Å². The summed E-state index contributed by atoms with van der Waals surface area (Å²) < 4.78 is 1.26. The molecule has 0 saturated heterocycles. The number of hydrogen-bond donors (Lipinski definition) is 3. The van der Waals surface area contributed by atoms with Gasteiger partial charge in [0.15, 0.2) is 5.78 Å².